The van der Waals surface area contributed by atoms with E-state index in [0.717, 1.165) is 5.56 Å². The van der Waals surface area contributed by atoms with E-state index in [1.54, 1.807) is 36.4 Å². The molecule has 0 amide bonds. The highest BCUT2D eigenvalue weighted by molar-refractivity contribution is 9.10. The molecule has 0 unspecified atom stereocenters. The Morgan fingerprint density at radius 3 is 2.48 bits per heavy atom. The molecule has 7 heteroatoms. The van der Waals surface area contributed by atoms with Crippen molar-refractivity contribution in [1.82, 2.24) is 0 Å². The van der Waals surface area contributed by atoms with E-state index in [0.29, 0.717) is 22.5 Å². The van der Waals surface area contributed by atoms with Gasteiger partial charge in [0.05, 0.1) is 12.8 Å². The Bertz CT molecular complexity index is 1020. The van der Waals surface area contributed by atoms with Crippen molar-refractivity contribution in [3.05, 3.63) is 82.8 Å². The average molecular weight is 448 g/mol. The van der Waals surface area contributed by atoms with Crippen molar-refractivity contribution in [2.24, 2.45) is 0 Å². The summed E-state index contributed by atoms with van der Waals surface area (Å²) in [5.74, 6) is 0.836. The van der Waals surface area contributed by atoms with E-state index in [2.05, 4.69) is 20.7 Å². The predicted molar refractivity (Wildman–Crippen MR) is 109 cm³/mol. The summed E-state index contributed by atoms with van der Waals surface area (Å²) in [6.07, 6.45) is 0. The molecule has 27 heavy (non-hydrogen) atoms. The van der Waals surface area contributed by atoms with Crippen LogP contribution in [0.25, 0.3) is 0 Å². The summed E-state index contributed by atoms with van der Waals surface area (Å²) in [6.45, 7) is 0.399. The number of methoxy groups -OCH3 is 1. The van der Waals surface area contributed by atoms with Crippen LogP contribution in [0.3, 0.4) is 0 Å². The maximum atomic E-state index is 12.8. The standard InChI is InChI=1S/C20H18BrNO4S/c1-25-19-11-10-16(21)12-20(19)27(23,24)22-17-8-5-9-18(13-17)26-14-15-6-3-2-4-7-15/h2-13,22H,14H2,1H3. The molecular weight excluding hydrogens is 430 g/mol. The van der Waals surface area contributed by atoms with Gasteiger partial charge in [-0.15, -0.1) is 0 Å². The molecule has 0 radical (unpaired) electrons. The van der Waals surface area contributed by atoms with Crippen molar-refractivity contribution in [2.75, 3.05) is 11.8 Å². The number of ether oxygens (including phenoxy) is 2. The minimum Gasteiger partial charge on any atom is -0.495 e. The van der Waals surface area contributed by atoms with Crippen LogP contribution in [0.1, 0.15) is 5.56 Å². The maximum absolute atomic E-state index is 12.8. The van der Waals surface area contributed by atoms with Crippen LogP contribution < -0.4 is 14.2 Å². The van der Waals surface area contributed by atoms with Crippen LogP contribution in [0.15, 0.2) is 82.2 Å². The zero-order chi connectivity index (χ0) is 19.3. The van der Waals surface area contributed by atoms with Crippen LogP contribution >= 0.6 is 15.9 Å². The molecule has 3 aromatic rings. The van der Waals surface area contributed by atoms with Gasteiger partial charge < -0.3 is 9.47 Å². The first-order chi connectivity index (χ1) is 13.0. The van der Waals surface area contributed by atoms with E-state index < -0.39 is 10.0 Å². The number of nitrogens with one attached hydrogen (secondary N) is 1. The molecule has 0 aliphatic rings. The van der Waals surface area contributed by atoms with E-state index >= 15 is 0 Å². The molecule has 0 aliphatic heterocycles. The SMILES string of the molecule is COc1ccc(Br)cc1S(=O)(=O)Nc1cccc(OCc2ccccc2)c1. The number of anilines is 1. The molecule has 0 bridgehead atoms. The monoisotopic (exact) mass is 447 g/mol. The molecule has 0 aliphatic carbocycles. The van der Waals surface area contributed by atoms with Crippen LogP contribution in [-0.4, -0.2) is 15.5 Å². The third kappa shape index (κ3) is 5.02. The first-order valence-corrected chi connectivity index (χ1v) is 10.4. The van der Waals surface area contributed by atoms with Crippen LogP contribution in [-0.2, 0) is 16.6 Å². The van der Waals surface area contributed by atoms with E-state index in [1.807, 2.05) is 30.3 Å². The van der Waals surface area contributed by atoms with Crippen LogP contribution in [0.4, 0.5) is 5.69 Å². The zero-order valence-electron chi connectivity index (χ0n) is 14.6. The Labute approximate surface area is 167 Å². The molecule has 0 heterocycles. The van der Waals surface area contributed by atoms with Crippen LogP contribution in [0.2, 0.25) is 0 Å². The minimum atomic E-state index is -3.82. The maximum Gasteiger partial charge on any atom is 0.265 e. The average Bonchev–Trinajstić information content (AvgIpc) is 2.67. The minimum absolute atomic E-state index is 0.0509. The quantitative estimate of drug-likeness (QED) is 0.562. The molecule has 1 N–H and O–H groups in total. The van der Waals surface area contributed by atoms with Gasteiger partial charge in [0, 0.05) is 10.5 Å². The number of sulfonamides is 1. The van der Waals surface area contributed by atoms with Crippen molar-refractivity contribution < 1.29 is 17.9 Å². The topological polar surface area (TPSA) is 64.6 Å². The number of hydrogen-bond donors (Lipinski definition) is 1. The Balaban J connectivity index is 1.78. The van der Waals surface area contributed by atoms with Crippen molar-refractivity contribution in [3.8, 4) is 11.5 Å². The zero-order valence-corrected chi connectivity index (χ0v) is 17.0. The summed E-state index contributed by atoms with van der Waals surface area (Å²) in [5.41, 5.74) is 1.44. The number of rotatable bonds is 7. The summed E-state index contributed by atoms with van der Waals surface area (Å²) in [7, 11) is -2.39. The summed E-state index contributed by atoms with van der Waals surface area (Å²) < 4.78 is 39.7. The van der Waals surface area contributed by atoms with E-state index in [9.17, 15) is 8.42 Å². The van der Waals surface area contributed by atoms with Gasteiger partial charge >= 0.3 is 0 Å². The molecule has 0 saturated carbocycles. The van der Waals surface area contributed by atoms with Gasteiger partial charge in [-0.05, 0) is 35.9 Å². The lowest BCUT2D eigenvalue weighted by Gasteiger charge is -2.13. The summed E-state index contributed by atoms with van der Waals surface area (Å²) in [5, 5.41) is 0. The lowest BCUT2D eigenvalue weighted by atomic mass is 10.2. The third-order valence-electron chi connectivity index (χ3n) is 3.75. The molecule has 3 aromatic carbocycles. The lowest BCUT2D eigenvalue weighted by Crippen LogP contribution is -2.14. The second-order valence-corrected chi connectivity index (χ2v) is 8.27. The fourth-order valence-electron chi connectivity index (χ4n) is 2.46. The van der Waals surface area contributed by atoms with Gasteiger partial charge in [0.1, 0.15) is 23.0 Å². The summed E-state index contributed by atoms with van der Waals surface area (Å²) in [6, 6.07) is 21.4. The van der Waals surface area contributed by atoms with E-state index in [4.69, 9.17) is 9.47 Å². The predicted octanol–water partition coefficient (Wildman–Crippen LogP) is 4.84. The highest BCUT2D eigenvalue weighted by atomic mass is 79.9. The molecule has 0 atom stereocenters. The number of hydrogen-bond acceptors (Lipinski definition) is 4. The van der Waals surface area contributed by atoms with Crippen molar-refractivity contribution in [2.45, 2.75) is 11.5 Å². The molecule has 3 rings (SSSR count). The van der Waals surface area contributed by atoms with Crippen molar-refractivity contribution >= 4 is 31.6 Å². The van der Waals surface area contributed by atoms with Gasteiger partial charge in [-0.25, -0.2) is 8.42 Å². The molecule has 0 saturated heterocycles. The summed E-state index contributed by atoms with van der Waals surface area (Å²) >= 11 is 3.29. The normalized spacial score (nSPS) is 11.0. The Morgan fingerprint density at radius 2 is 1.74 bits per heavy atom. The smallest absolute Gasteiger partial charge is 0.265 e. The van der Waals surface area contributed by atoms with Crippen molar-refractivity contribution in [3.63, 3.8) is 0 Å². The third-order valence-corrected chi connectivity index (χ3v) is 5.65. The Morgan fingerprint density at radius 1 is 0.963 bits per heavy atom. The molecule has 0 spiro atoms. The number of halogens is 1. The first-order valence-electron chi connectivity index (χ1n) is 8.11. The number of benzene rings is 3. The van der Waals surface area contributed by atoms with E-state index in [1.165, 1.54) is 13.2 Å². The second-order valence-electron chi connectivity index (χ2n) is 5.70. The molecular formula is C20H18BrNO4S. The Hall–Kier alpha value is -2.51. The van der Waals surface area contributed by atoms with Crippen molar-refractivity contribution in [1.29, 1.82) is 0 Å². The first kappa shape index (κ1) is 19.3. The second kappa shape index (κ2) is 8.45. The molecule has 140 valence electrons. The molecule has 0 fully saturated rings. The molecule has 0 aromatic heterocycles. The van der Waals surface area contributed by atoms with Gasteiger partial charge in [0.25, 0.3) is 10.0 Å². The highest BCUT2D eigenvalue weighted by Crippen LogP contribution is 2.29. The lowest BCUT2D eigenvalue weighted by molar-refractivity contribution is 0.306. The van der Waals surface area contributed by atoms with Crippen LogP contribution in [0, 0.1) is 0 Å². The molecule has 5 nitrogen and oxygen atoms in total. The van der Waals surface area contributed by atoms with Gasteiger partial charge in [-0.2, -0.15) is 0 Å². The summed E-state index contributed by atoms with van der Waals surface area (Å²) in [4.78, 5) is 0.0509. The van der Waals surface area contributed by atoms with E-state index in [-0.39, 0.29) is 10.6 Å². The van der Waals surface area contributed by atoms with Gasteiger partial charge in [-0.1, -0.05) is 52.3 Å². The Kier molecular flexibility index (Phi) is 6.03. The highest BCUT2D eigenvalue weighted by Gasteiger charge is 2.20. The van der Waals surface area contributed by atoms with Gasteiger partial charge in [0.2, 0.25) is 0 Å². The van der Waals surface area contributed by atoms with Crippen LogP contribution in [0.5, 0.6) is 11.5 Å². The fourth-order valence-corrected chi connectivity index (χ4v) is 4.22. The van der Waals surface area contributed by atoms with Gasteiger partial charge in [-0.3, -0.25) is 4.72 Å². The fraction of sp³-hybridized carbons (Fsp3) is 0.100. The van der Waals surface area contributed by atoms with Gasteiger partial charge in [0.15, 0.2) is 0 Å². The largest absolute Gasteiger partial charge is 0.495 e.